The molecule has 0 bridgehead atoms. The summed E-state index contributed by atoms with van der Waals surface area (Å²) in [6.07, 6.45) is 3.82. The smallest absolute Gasteiger partial charge is 0.0189 e. The first-order valence-corrected chi connectivity index (χ1v) is 19.6. The molecule has 11 heteroatoms. The van der Waals surface area contributed by atoms with Crippen LogP contribution in [0.1, 0.15) is 50.8 Å². The second kappa shape index (κ2) is 14.4. The molecule has 2 aromatic carbocycles. The van der Waals surface area contributed by atoms with E-state index in [1.165, 1.54) is 18.3 Å². The average molecular weight is 1100 g/mol. The van der Waals surface area contributed by atoms with E-state index in [0.717, 1.165) is 107 Å². The van der Waals surface area contributed by atoms with Crippen molar-refractivity contribution in [2.24, 2.45) is 0 Å². The number of nitrogens with one attached hydrogen (secondary N) is 1. The Hall–Kier alpha value is -0.00377. The van der Waals surface area contributed by atoms with Crippen LogP contribution in [0.4, 0.5) is 0 Å². The van der Waals surface area contributed by atoms with Gasteiger partial charge in [-0.2, -0.15) is 0 Å². The zero-order valence-electron chi connectivity index (χ0n) is 20.5. The minimum absolute atomic E-state index is 0.0131. The van der Waals surface area contributed by atoms with Crippen LogP contribution in [0.25, 0.3) is 0 Å². The van der Waals surface area contributed by atoms with Crippen molar-refractivity contribution in [2.45, 2.75) is 49.7 Å². The Labute approximate surface area is 269 Å². The predicted octanol–water partition coefficient (Wildman–Crippen LogP) is 5.79. The number of hydrogen-bond donors (Lipinski definition) is 1. The van der Waals surface area contributed by atoms with E-state index in [2.05, 4.69) is 17.2 Å². The van der Waals surface area contributed by atoms with Gasteiger partial charge in [-0.15, -0.1) is 0 Å². The molecular formula is C25H26ClN2O4STl3. The molecule has 0 radical (unpaired) electrons. The van der Waals surface area contributed by atoms with Crippen LogP contribution in [-0.2, 0) is 10.7 Å². The number of rotatable bonds is 12. The van der Waals surface area contributed by atoms with Crippen LogP contribution < -0.4 is 19.5 Å². The number of halogens is 1. The van der Waals surface area contributed by atoms with Gasteiger partial charge in [0.05, 0.1) is 6.04 Å². The Kier molecular flexibility index (Phi) is 12.2. The number of aromatic nitrogens is 1. The fourth-order valence-corrected chi connectivity index (χ4v) is 7.92. The quantitative estimate of drug-likeness (QED) is 0.184. The second-order valence-corrected chi connectivity index (χ2v) is 51.4. The van der Waals surface area contributed by atoms with Crippen molar-refractivity contribution in [1.29, 1.82) is 0 Å². The molecule has 1 amide bonds. The summed E-state index contributed by atoms with van der Waals surface area (Å²) in [5.74, 6) is 2.49. The Morgan fingerprint density at radius 2 is 1.78 bits per heavy atom. The van der Waals surface area contributed by atoms with E-state index in [4.69, 9.17) is 25.8 Å². The van der Waals surface area contributed by atoms with Crippen molar-refractivity contribution in [2.75, 3.05) is 0 Å². The van der Waals surface area contributed by atoms with E-state index in [1.807, 2.05) is 49.4 Å². The molecule has 0 saturated heterocycles. The molecule has 182 valence electrons. The van der Waals surface area contributed by atoms with Gasteiger partial charge in [0.15, 0.2) is 0 Å². The number of nitrogens with zero attached hydrogens (tertiary/aromatic N) is 1. The summed E-state index contributed by atoms with van der Waals surface area (Å²) < 4.78 is 18.9. The van der Waals surface area contributed by atoms with Gasteiger partial charge in [-0.1, -0.05) is 19.1 Å². The van der Waals surface area contributed by atoms with E-state index < -0.39 is 0 Å². The summed E-state index contributed by atoms with van der Waals surface area (Å²) in [5, 5.41) is 4.06. The topological polar surface area (TPSA) is 69.7 Å². The summed E-state index contributed by atoms with van der Waals surface area (Å²) in [6.45, 7) is 5.77. The van der Waals surface area contributed by atoms with Gasteiger partial charge in [-0.25, -0.2) is 0 Å². The Morgan fingerprint density at radius 3 is 2.36 bits per heavy atom. The molecule has 6 nitrogen and oxygen atoms in total. The Bertz CT molecular complexity index is 1150. The number of hydrogen-bond acceptors (Lipinski definition) is 6. The van der Waals surface area contributed by atoms with Crippen molar-refractivity contribution in [3.05, 3.63) is 59.8 Å². The number of amides is 1. The largest absolute Gasteiger partial charge is 0.0533 e. The minimum atomic E-state index is -0.0423. The van der Waals surface area contributed by atoms with Crippen molar-refractivity contribution in [1.82, 2.24) is 10.3 Å². The van der Waals surface area contributed by atoms with Crippen LogP contribution in [-0.4, -0.2) is 94.3 Å². The average Bonchev–Trinajstić information content (AvgIpc) is 3.28. The van der Waals surface area contributed by atoms with Gasteiger partial charge < -0.3 is 5.32 Å². The maximum Gasteiger partial charge on any atom is -0.0189 e. The Balaban J connectivity index is 1.66. The number of ether oxygens (including phenoxy) is 3. The first-order chi connectivity index (χ1) is 17.1. The van der Waals surface area contributed by atoms with E-state index in [1.54, 1.807) is 6.20 Å². The van der Waals surface area contributed by atoms with Crippen molar-refractivity contribution >= 4 is 106 Å². The maximum atomic E-state index is 11.4. The number of alkyl halides is 1. The van der Waals surface area contributed by atoms with Crippen LogP contribution in [0.2, 0.25) is -1.91 Å². The molecule has 0 fully saturated rings. The number of benzene rings is 2. The van der Waals surface area contributed by atoms with Gasteiger partial charge in [-0.05, 0) is 24.1 Å². The normalized spacial score (nSPS) is 12.9. The third-order valence-electron chi connectivity index (χ3n) is 5.33. The van der Waals surface area contributed by atoms with Crippen LogP contribution in [0.3, 0.4) is 0 Å². The van der Waals surface area contributed by atoms with Crippen LogP contribution >= 0.6 is 22.9 Å². The first kappa shape index (κ1) is 30.5. The maximum absolute atomic E-state index is 11.4. The van der Waals surface area contributed by atoms with Crippen LogP contribution in [0.15, 0.2) is 48.7 Å². The van der Waals surface area contributed by atoms with E-state index in [9.17, 15) is 4.79 Å². The minimum Gasteiger partial charge on any atom is -0.0533 e. The second-order valence-electron chi connectivity index (χ2n) is 8.30. The van der Waals surface area contributed by atoms with E-state index >= 15 is 0 Å². The predicted molar refractivity (Wildman–Crippen MR) is 146 cm³/mol. The van der Waals surface area contributed by atoms with E-state index in [-0.39, 0.29) is 11.9 Å². The van der Waals surface area contributed by atoms with Gasteiger partial charge in [0.2, 0.25) is 5.91 Å². The third-order valence-corrected chi connectivity index (χ3v) is 10.7. The molecule has 0 aliphatic rings. The molecule has 3 rings (SSSR count). The molecule has 0 spiro atoms. The fraction of sp³-hybridized carbons (Fsp3) is 0.360. The van der Waals surface area contributed by atoms with Gasteiger partial charge in [-0.3, -0.25) is 4.79 Å². The zero-order chi connectivity index (χ0) is 26.3. The molecule has 3 aromatic rings. The summed E-state index contributed by atoms with van der Waals surface area (Å²) in [6, 6.07) is 13.5. The zero-order valence-corrected chi connectivity index (χ0v) is 35.5. The molecule has 1 aromatic heterocycles. The summed E-state index contributed by atoms with van der Waals surface area (Å²) in [4.78, 5) is 15.8. The molecule has 0 saturated carbocycles. The monoisotopic (exact) mass is 1100 g/mol. The number of carbonyl (C=O) groups excluding carboxylic acids is 1. The molecular weight excluding hydrogens is 1070 g/mol. The summed E-state index contributed by atoms with van der Waals surface area (Å²) >= 11 is 10.5. The fourth-order valence-electron chi connectivity index (χ4n) is 3.52. The Morgan fingerprint density at radius 1 is 1.08 bits per heavy atom. The van der Waals surface area contributed by atoms with E-state index in [0.29, 0.717) is 31.8 Å². The van der Waals surface area contributed by atoms with Crippen LogP contribution in [0, 0.1) is 0 Å². The summed E-state index contributed by atoms with van der Waals surface area (Å²) in [5.41, 5.74) is 1.91. The molecule has 1 N–H and O–H groups in total. The third kappa shape index (κ3) is 9.04. The van der Waals surface area contributed by atoms with Crippen molar-refractivity contribution in [3.8, 4) is 27.5 Å². The van der Waals surface area contributed by atoms with Gasteiger partial charge in [0.1, 0.15) is 5.75 Å². The van der Waals surface area contributed by atoms with Crippen molar-refractivity contribution in [3.63, 3.8) is 0 Å². The van der Waals surface area contributed by atoms with Gasteiger partial charge in [0.25, 0.3) is 0 Å². The van der Waals surface area contributed by atoms with Gasteiger partial charge in [0, 0.05) is 6.92 Å². The molecule has 2 unspecified atom stereocenters. The molecule has 2 atom stereocenters. The molecule has 0 aliphatic heterocycles. The van der Waals surface area contributed by atoms with Crippen molar-refractivity contribution < 1.29 is 19.0 Å². The number of thiazole rings is 1. The number of carbonyl (C=O) groups is 1. The molecule has 36 heavy (non-hydrogen) atoms. The molecule has 0 aliphatic carbocycles. The molecule has 1 heterocycles. The summed E-state index contributed by atoms with van der Waals surface area (Å²) in [7, 11) is 0. The van der Waals surface area contributed by atoms with Crippen LogP contribution in [0.5, 0.6) is 27.5 Å². The first-order valence-electron chi connectivity index (χ1n) is 11.5. The van der Waals surface area contributed by atoms with Gasteiger partial charge >= 0.3 is 195 Å². The SMILES string of the molecule is CCC(NC(C)=O)c1ccc(Oc2cnc(Oc3ccc(OC(CC)[C]([Tl])([Tl])[Tl])cc3CCl)s2)cc1. The standard InChI is InChI=1S/C25H26ClN2O4S.3Tl/c1-5-16(3)30-21-11-12-23(19(13-21)14-26)32-25-27-15-24(33-25)31-20-9-7-18(8-10-20)22(6-2)28-17(4)29;;;/h7-13,15-16,22H,5-6,14H2,1-2,4H3,(H,28,29);;;.